The number of H-pyrrole nitrogens is 1. The Bertz CT molecular complexity index is 660. The van der Waals surface area contributed by atoms with E-state index in [0.29, 0.717) is 18.8 Å². The van der Waals surface area contributed by atoms with E-state index in [4.69, 9.17) is 10.00 Å². The minimum atomic E-state index is 0.0587. The molecule has 4 heteroatoms. The standard InChI is InChI=1S/C15H14N2O2/c16-8-10-1-2-12-13(9-17-14(12)7-10)15(18)11-3-5-19-6-4-11/h1-2,7,9,11,17H,3-6H2. The van der Waals surface area contributed by atoms with Gasteiger partial charge >= 0.3 is 0 Å². The van der Waals surface area contributed by atoms with Crippen LogP contribution in [0.3, 0.4) is 0 Å². The van der Waals surface area contributed by atoms with E-state index < -0.39 is 0 Å². The zero-order chi connectivity index (χ0) is 13.2. The number of rotatable bonds is 2. The number of Topliss-reactive ketones (excluding diaryl/α,β-unsaturated/α-hetero) is 1. The van der Waals surface area contributed by atoms with Crippen molar-refractivity contribution in [1.29, 1.82) is 5.26 Å². The predicted molar refractivity (Wildman–Crippen MR) is 70.9 cm³/mol. The molecule has 1 aromatic heterocycles. The first-order valence-electron chi connectivity index (χ1n) is 6.43. The summed E-state index contributed by atoms with van der Waals surface area (Å²) >= 11 is 0. The Kier molecular flexibility index (Phi) is 3.06. The number of hydrogen-bond acceptors (Lipinski definition) is 3. The van der Waals surface area contributed by atoms with Crippen molar-refractivity contribution in [2.45, 2.75) is 12.8 Å². The van der Waals surface area contributed by atoms with Crippen LogP contribution in [0.25, 0.3) is 10.9 Å². The summed E-state index contributed by atoms with van der Waals surface area (Å²) in [7, 11) is 0. The molecular weight excluding hydrogens is 240 g/mol. The summed E-state index contributed by atoms with van der Waals surface area (Å²) in [5.74, 6) is 0.239. The molecule has 2 heterocycles. The van der Waals surface area contributed by atoms with Gasteiger partial charge in [0.1, 0.15) is 0 Å². The fourth-order valence-corrected chi connectivity index (χ4v) is 2.58. The topological polar surface area (TPSA) is 65.9 Å². The minimum absolute atomic E-state index is 0.0587. The van der Waals surface area contributed by atoms with E-state index in [0.717, 1.165) is 29.3 Å². The second kappa shape index (κ2) is 4.87. The van der Waals surface area contributed by atoms with Crippen LogP contribution in [0, 0.1) is 17.2 Å². The van der Waals surface area contributed by atoms with E-state index in [9.17, 15) is 4.79 Å². The molecule has 0 saturated carbocycles. The molecule has 1 aliphatic heterocycles. The molecule has 0 atom stereocenters. The Hall–Kier alpha value is -2.12. The maximum absolute atomic E-state index is 12.5. The number of aromatic nitrogens is 1. The molecular formula is C15H14N2O2. The zero-order valence-corrected chi connectivity index (χ0v) is 10.5. The molecule has 0 bridgehead atoms. The minimum Gasteiger partial charge on any atom is -0.381 e. The number of hydrogen-bond donors (Lipinski definition) is 1. The number of carbonyl (C=O) groups excluding carboxylic acids is 1. The normalized spacial score (nSPS) is 16.4. The molecule has 0 radical (unpaired) electrons. The molecule has 1 N–H and O–H groups in total. The van der Waals surface area contributed by atoms with Crippen molar-refractivity contribution in [3.63, 3.8) is 0 Å². The number of nitrogens with zero attached hydrogens (tertiary/aromatic N) is 1. The smallest absolute Gasteiger partial charge is 0.168 e. The predicted octanol–water partition coefficient (Wildman–Crippen LogP) is 2.65. The summed E-state index contributed by atoms with van der Waals surface area (Å²) in [5, 5.41) is 9.77. The molecule has 1 aliphatic rings. The maximum Gasteiger partial charge on any atom is 0.168 e. The van der Waals surface area contributed by atoms with Crippen molar-refractivity contribution >= 4 is 16.7 Å². The average molecular weight is 254 g/mol. The molecule has 0 aliphatic carbocycles. The van der Waals surface area contributed by atoms with Gasteiger partial charge in [0.25, 0.3) is 0 Å². The molecule has 0 unspecified atom stereocenters. The lowest BCUT2D eigenvalue weighted by atomic mass is 9.91. The molecule has 1 fully saturated rings. The molecule has 19 heavy (non-hydrogen) atoms. The third-order valence-corrected chi connectivity index (χ3v) is 3.67. The van der Waals surface area contributed by atoms with Gasteiger partial charge in [-0.25, -0.2) is 0 Å². The first-order valence-corrected chi connectivity index (χ1v) is 6.43. The Morgan fingerprint density at radius 3 is 2.89 bits per heavy atom. The molecule has 4 nitrogen and oxygen atoms in total. The monoisotopic (exact) mass is 254 g/mol. The molecule has 1 saturated heterocycles. The van der Waals surface area contributed by atoms with Gasteiger partial charge < -0.3 is 9.72 Å². The number of ether oxygens (including phenoxy) is 1. The van der Waals surface area contributed by atoms with Crippen molar-refractivity contribution in [2.24, 2.45) is 5.92 Å². The van der Waals surface area contributed by atoms with Crippen molar-refractivity contribution in [3.8, 4) is 6.07 Å². The highest BCUT2D eigenvalue weighted by molar-refractivity contribution is 6.09. The van der Waals surface area contributed by atoms with Crippen LogP contribution in [0.15, 0.2) is 24.4 Å². The molecule has 3 rings (SSSR count). The van der Waals surface area contributed by atoms with Crippen molar-refractivity contribution in [3.05, 3.63) is 35.5 Å². The number of benzene rings is 1. The van der Waals surface area contributed by atoms with E-state index in [1.807, 2.05) is 6.07 Å². The lowest BCUT2D eigenvalue weighted by Gasteiger charge is -2.20. The lowest BCUT2D eigenvalue weighted by molar-refractivity contribution is 0.0546. The van der Waals surface area contributed by atoms with Crippen molar-refractivity contribution < 1.29 is 9.53 Å². The van der Waals surface area contributed by atoms with Gasteiger partial charge in [-0.1, -0.05) is 6.07 Å². The fourth-order valence-electron chi connectivity index (χ4n) is 2.58. The Balaban J connectivity index is 1.96. The maximum atomic E-state index is 12.5. The van der Waals surface area contributed by atoms with E-state index in [2.05, 4.69) is 11.1 Å². The first-order chi connectivity index (χ1) is 9.29. The van der Waals surface area contributed by atoms with Crippen molar-refractivity contribution in [2.75, 3.05) is 13.2 Å². The number of nitriles is 1. The van der Waals surface area contributed by atoms with Crippen LogP contribution in [0.4, 0.5) is 0 Å². The van der Waals surface area contributed by atoms with Gasteiger partial charge in [0, 0.05) is 41.8 Å². The van der Waals surface area contributed by atoms with Gasteiger partial charge in [-0.05, 0) is 25.0 Å². The van der Waals surface area contributed by atoms with Gasteiger partial charge in [-0.2, -0.15) is 5.26 Å². The summed E-state index contributed by atoms with van der Waals surface area (Å²) in [6.07, 6.45) is 3.34. The van der Waals surface area contributed by atoms with Crippen LogP contribution in [-0.4, -0.2) is 24.0 Å². The van der Waals surface area contributed by atoms with Crippen LogP contribution in [-0.2, 0) is 4.74 Å². The molecule has 96 valence electrons. The van der Waals surface area contributed by atoms with Gasteiger partial charge in [0.15, 0.2) is 5.78 Å². The quantitative estimate of drug-likeness (QED) is 0.838. The van der Waals surface area contributed by atoms with Crippen LogP contribution in [0.5, 0.6) is 0 Å². The molecule has 0 spiro atoms. The van der Waals surface area contributed by atoms with E-state index in [-0.39, 0.29) is 11.7 Å². The Labute approximate surface area is 111 Å². The Morgan fingerprint density at radius 2 is 2.16 bits per heavy atom. The molecule has 0 amide bonds. The van der Waals surface area contributed by atoms with E-state index in [1.165, 1.54) is 0 Å². The zero-order valence-electron chi connectivity index (χ0n) is 10.5. The second-order valence-corrected chi connectivity index (χ2v) is 4.83. The first kappa shape index (κ1) is 11.9. The van der Waals surface area contributed by atoms with E-state index >= 15 is 0 Å². The highest BCUT2D eigenvalue weighted by atomic mass is 16.5. The van der Waals surface area contributed by atoms with Crippen LogP contribution < -0.4 is 0 Å². The van der Waals surface area contributed by atoms with Gasteiger partial charge in [0.2, 0.25) is 0 Å². The number of nitrogens with one attached hydrogen (secondary N) is 1. The SMILES string of the molecule is N#Cc1ccc2c(C(=O)C3CCOCC3)c[nH]c2c1. The average Bonchev–Trinajstić information content (AvgIpc) is 2.90. The molecule has 2 aromatic rings. The highest BCUT2D eigenvalue weighted by Crippen LogP contribution is 2.26. The van der Waals surface area contributed by atoms with Crippen molar-refractivity contribution in [1.82, 2.24) is 4.98 Å². The number of carbonyl (C=O) groups is 1. The fraction of sp³-hybridized carbons (Fsp3) is 0.333. The molecule has 1 aromatic carbocycles. The van der Waals surface area contributed by atoms with Crippen LogP contribution in [0.1, 0.15) is 28.8 Å². The van der Waals surface area contributed by atoms with E-state index in [1.54, 1.807) is 18.3 Å². The third-order valence-electron chi connectivity index (χ3n) is 3.67. The summed E-state index contributed by atoms with van der Waals surface area (Å²) in [5.41, 5.74) is 2.17. The van der Waals surface area contributed by atoms with Crippen LogP contribution in [0.2, 0.25) is 0 Å². The third kappa shape index (κ3) is 2.13. The van der Waals surface area contributed by atoms with Crippen LogP contribution >= 0.6 is 0 Å². The largest absolute Gasteiger partial charge is 0.381 e. The van der Waals surface area contributed by atoms with Gasteiger partial charge in [-0.3, -0.25) is 4.79 Å². The lowest BCUT2D eigenvalue weighted by Crippen LogP contribution is -2.23. The summed E-state index contributed by atoms with van der Waals surface area (Å²) < 4.78 is 5.29. The summed E-state index contributed by atoms with van der Waals surface area (Å²) in [6, 6.07) is 7.46. The van der Waals surface area contributed by atoms with Gasteiger partial charge in [-0.15, -0.1) is 0 Å². The van der Waals surface area contributed by atoms with Gasteiger partial charge in [0.05, 0.1) is 11.6 Å². The summed E-state index contributed by atoms with van der Waals surface area (Å²) in [6.45, 7) is 1.33. The second-order valence-electron chi connectivity index (χ2n) is 4.83. The number of aromatic amines is 1. The number of fused-ring (bicyclic) bond motifs is 1. The Morgan fingerprint density at radius 1 is 1.37 bits per heavy atom. The number of ketones is 1. The highest BCUT2D eigenvalue weighted by Gasteiger charge is 2.24. The summed E-state index contributed by atoms with van der Waals surface area (Å²) in [4.78, 5) is 15.6.